The maximum Gasteiger partial charge on any atom is 0.179 e. The third kappa shape index (κ3) is 2.19. The van der Waals surface area contributed by atoms with E-state index in [2.05, 4.69) is 9.97 Å². The van der Waals surface area contributed by atoms with Gasteiger partial charge in [0.1, 0.15) is 5.82 Å². The number of aryl methyl sites for hydroxylation is 1. The van der Waals surface area contributed by atoms with Gasteiger partial charge in [0, 0.05) is 5.56 Å². The van der Waals surface area contributed by atoms with Gasteiger partial charge in [-0.25, -0.2) is 9.37 Å². The Balaban J connectivity index is 2.68. The third-order valence-corrected chi connectivity index (χ3v) is 2.76. The highest BCUT2D eigenvalue weighted by atomic mass is 32.1. The molecule has 17 heavy (non-hydrogen) atoms. The average Bonchev–Trinajstić information content (AvgIpc) is 2.29. The van der Waals surface area contributed by atoms with E-state index in [1.165, 1.54) is 25.6 Å². The fraction of sp³-hybridized carbons (Fsp3) is 0.167. The fourth-order valence-electron chi connectivity index (χ4n) is 1.68. The minimum atomic E-state index is -0.266. The largest absolute Gasteiger partial charge is 0.491 e. The molecule has 0 saturated heterocycles. The van der Waals surface area contributed by atoms with E-state index in [-0.39, 0.29) is 5.82 Å². The highest BCUT2D eigenvalue weighted by molar-refractivity contribution is 7.71. The number of benzene rings is 1. The number of nitrogens with zero attached hydrogens (tertiary/aromatic N) is 1. The lowest BCUT2D eigenvalue weighted by molar-refractivity contribution is 0.410. The minimum absolute atomic E-state index is 0.266. The van der Waals surface area contributed by atoms with Crippen LogP contribution in [0.2, 0.25) is 0 Å². The van der Waals surface area contributed by atoms with Crippen LogP contribution in [-0.4, -0.2) is 17.1 Å². The molecule has 0 radical (unpaired) electrons. The van der Waals surface area contributed by atoms with Gasteiger partial charge in [0.2, 0.25) is 0 Å². The zero-order valence-electron chi connectivity index (χ0n) is 9.45. The summed E-state index contributed by atoms with van der Waals surface area (Å²) in [6, 6.07) is 4.55. The molecule has 0 aliphatic heterocycles. The quantitative estimate of drug-likeness (QED) is 0.831. The van der Waals surface area contributed by atoms with E-state index in [4.69, 9.17) is 17.0 Å². The standard InChI is InChI=1S/C12H11FN2OS/c1-7-5-8(13)3-4-9(7)10-11(16-2)12(17)15-6-14-10/h3-6H,1-2H3,(H,14,15,17). The minimum Gasteiger partial charge on any atom is -0.491 e. The second kappa shape index (κ2) is 4.63. The Labute approximate surface area is 103 Å². The number of aromatic amines is 1. The van der Waals surface area contributed by atoms with Gasteiger partial charge in [0.05, 0.1) is 19.1 Å². The molecule has 0 aliphatic rings. The summed E-state index contributed by atoms with van der Waals surface area (Å²) >= 11 is 5.08. The molecule has 0 atom stereocenters. The van der Waals surface area contributed by atoms with Gasteiger partial charge in [0.15, 0.2) is 10.4 Å². The highest BCUT2D eigenvalue weighted by Crippen LogP contribution is 2.30. The highest BCUT2D eigenvalue weighted by Gasteiger charge is 2.11. The summed E-state index contributed by atoms with van der Waals surface area (Å²) < 4.78 is 18.7. The molecule has 1 heterocycles. The van der Waals surface area contributed by atoms with Crippen LogP contribution in [0.1, 0.15) is 5.56 Å². The van der Waals surface area contributed by atoms with Gasteiger partial charge < -0.3 is 9.72 Å². The molecule has 5 heteroatoms. The first-order valence-corrected chi connectivity index (χ1v) is 5.42. The summed E-state index contributed by atoms with van der Waals surface area (Å²) in [5.74, 6) is 0.232. The average molecular weight is 250 g/mol. The van der Waals surface area contributed by atoms with E-state index in [9.17, 15) is 4.39 Å². The summed E-state index contributed by atoms with van der Waals surface area (Å²) in [6.07, 6.45) is 1.50. The van der Waals surface area contributed by atoms with Crippen LogP contribution < -0.4 is 4.74 Å². The second-order valence-electron chi connectivity index (χ2n) is 3.58. The van der Waals surface area contributed by atoms with Crippen molar-refractivity contribution in [3.8, 4) is 17.0 Å². The fourth-order valence-corrected chi connectivity index (χ4v) is 1.92. The van der Waals surface area contributed by atoms with Gasteiger partial charge in [-0.15, -0.1) is 0 Å². The molecule has 0 saturated carbocycles. The predicted molar refractivity (Wildman–Crippen MR) is 66.1 cm³/mol. The summed E-state index contributed by atoms with van der Waals surface area (Å²) in [5, 5.41) is 0. The lowest BCUT2D eigenvalue weighted by Crippen LogP contribution is -1.96. The van der Waals surface area contributed by atoms with Crippen LogP contribution in [-0.2, 0) is 0 Å². The molecule has 0 amide bonds. The summed E-state index contributed by atoms with van der Waals surface area (Å²) in [4.78, 5) is 6.92. The number of aromatic nitrogens is 2. The van der Waals surface area contributed by atoms with E-state index in [0.29, 0.717) is 16.1 Å². The van der Waals surface area contributed by atoms with Gasteiger partial charge in [-0.3, -0.25) is 0 Å². The molecule has 0 aliphatic carbocycles. The molecular formula is C12H11FN2OS. The first kappa shape index (κ1) is 11.7. The number of nitrogens with one attached hydrogen (secondary N) is 1. The van der Waals surface area contributed by atoms with Crippen molar-refractivity contribution in [3.05, 3.63) is 40.5 Å². The number of methoxy groups -OCH3 is 1. The van der Waals surface area contributed by atoms with Crippen LogP contribution in [0.4, 0.5) is 4.39 Å². The SMILES string of the molecule is COc1c(-c2ccc(F)cc2C)[nH]cnc1=S. The number of H-pyrrole nitrogens is 1. The zero-order chi connectivity index (χ0) is 12.4. The smallest absolute Gasteiger partial charge is 0.179 e. The maximum absolute atomic E-state index is 13.1. The molecule has 1 N–H and O–H groups in total. The Bertz CT molecular complexity index is 610. The number of halogens is 1. The first-order valence-electron chi connectivity index (χ1n) is 5.01. The van der Waals surface area contributed by atoms with Crippen molar-refractivity contribution in [1.29, 1.82) is 0 Å². The second-order valence-corrected chi connectivity index (χ2v) is 3.96. The zero-order valence-corrected chi connectivity index (χ0v) is 10.3. The molecule has 0 bridgehead atoms. The van der Waals surface area contributed by atoms with Gasteiger partial charge in [-0.05, 0) is 30.7 Å². The summed E-state index contributed by atoms with van der Waals surface area (Å²) in [5.41, 5.74) is 2.36. The van der Waals surface area contributed by atoms with E-state index >= 15 is 0 Å². The molecule has 88 valence electrons. The lowest BCUT2D eigenvalue weighted by Gasteiger charge is -2.10. The first-order chi connectivity index (χ1) is 8.13. The van der Waals surface area contributed by atoms with E-state index in [1.807, 2.05) is 6.92 Å². The molecule has 1 aromatic carbocycles. The van der Waals surface area contributed by atoms with Crippen LogP contribution in [0, 0.1) is 17.4 Å². The Hall–Kier alpha value is -1.75. The monoisotopic (exact) mass is 250 g/mol. The molecular weight excluding hydrogens is 239 g/mol. The summed E-state index contributed by atoms with van der Waals surface area (Å²) in [7, 11) is 1.53. The van der Waals surface area contributed by atoms with Crippen molar-refractivity contribution in [2.45, 2.75) is 6.92 Å². The summed E-state index contributed by atoms with van der Waals surface area (Å²) in [6.45, 7) is 1.83. The normalized spacial score (nSPS) is 10.3. The Kier molecular flexibility index (Phi) is 3.19. The van der Waals surface area contributed by atoms with Crippen LogP contribution in [0.3, 0.4) is 0 Å². The van der Waals surface area contributed by atoms with E-state index < -0.39 is 0 Å². The Morgan fingerprint density at radius 3 is 2.82 bits per heavy atom. The Morgan fingerprint density at radius 2 is 2.18 bits per heavy atom. The molecule has 2 rings (SSSR count). The van der Waals surface area contributed by atoms with Gasteiger partial charge in [0.25, 0.3) is 0 Å². The third-order valence-electron chi connectivity index (χ3n) is 2.47. The van der Waals surface area contributed by atoms with E-state index in [1.54, 1.807) is 6.07 Å². The van der Waals surface area contributed by atoms with Crippen molar-refractivity contribution >= 4 is 12.2 Å². The van der Waals surface area contributed by atoms with Crippen molar-refractivity contribution in [2.75, 3.05) is 7.11 Å². The van der Waals surface area contributed by atoms with Crippen molar-refractivity contribution in [2.24, 2.45) is 0 Å². The van der Waals surface area contributed by atoms with Crippen LogP contribution >= 0.6 is 12.2 Å². The van der Waals surface area contributed by atoms with Crippen LogP contribution in [0.25, 0.3) is 11.3 Å². The molecule has 0 spiro atoms. The topological polar surface area (TPSA) is 37.9 Å². The number of rotatable bonds is 2. The maximum atomic E-state index is 13.1. The van der Waals surface area contributed by atoms with Crippen molar-refractivity contribution in [3.63, 3.8) is 0 Å². The van der Waals surface area contributed by atoms with Crippen LogP contribution in [0.15, 0.2) is 24.5 Å². The molecule has 2 aromatic rings. The predicted octanol–water partition coefficient (Wildman–Crippen LogP) is 3.26. The number of hydrogen-bond acceptors (Lipinski definition) is 3. The Morgan fingerprint density at radius 1 is 1.41 bits per heavy atom. The molecule has 0 unspecified atom stereocenters. The molecule has 1 aromatic heterocycles. The van der Waals surface area contributed by atoms with Crippen LogP contribution in [0.5, 0.6) is 5.75 Å². The van der Waals surface area contributed by atoms with Crippen molar-refractivity contribution in [1.82, 2.24) is 9.97 Å². The van der Waals surface area contributed by atoms with Gasteiger partial charge >= 0.3 is 0 Å². The molecule has 3 nitrogen and oxygen atoms in total. The van der Waals surface area contributed by atoms with Crippen molar-refractivity contribution < 1.29 is 9.13 Å². The number of ether oxygens (including phenoxy) is 1. The lowest BCUT2D eigenvalue weighted by atomic mass is 10.0. The van der Waals surface area contributed by atoms with Gasteiger partial charge in [-0.1, -0.05) is 12.2 Å². The molecule has 0 fully saturated rings. The van der Waals surface area contributed by atoms with E-state index in [0.717, 1.165) is 11.1 Å². The van der Waals surface area contributed by atoms with Gasteiger partial charge in [-0.2, -0.15) is 0 Å². The number of hydrogen-bond donors (Lipinski definition) is 1.